The molecule has 0 aliphatic heterocycles. The molecule has 0 heterocycles. The summed E-state index contributed by atoms with van der Waals surface area (Å²) in [7, 11) is 0. The van der Waals surface area contributed by atoms with Crippen molar-refractivity contribution < 1.29 is 0 Å². The SMILES string of the molecule is CC1CC(C(C)(C)C2C3C=CC=CC3C3C=CC=CC32)CC1C(C)(C)C. The molecule has 26 heavy (non-hydrogen) atoms. The normalized spacial score (nSPS) is 44.4. The average molecular weight is 351 g/mol. The fourth-order valence-corrected chi connectivity index (χ4v) is 7.35. The molecule has 0 amide bonds. The number of rotatable bonds is 2. The summed E-state index contributed by atoms with van der Waals surface area (Å²) in [4.78, 5) is 0. The van der Waals surface area contributed by atoms with Crippen LogP contribution in [0.3, 0.4) is 0 Å². The van der Waals surface area contributed by atoms with Crippen LogP contribution in [0.1, 0.15) is 54.4 Å². The van der Waals surface area contributed by atoms with Gasteiger partial charge in [0.15, 0.2) is 0 Å². The zero-order valence-corrected chi connectivity index (χ0v) is 17.7. The topological polar surface area (TPSA) is 0 Å². The fraction of sp³-hybridized carbons (Fsp3) is 0.692. The molecule has 0 aromatic heterocycles. The van der Waals surface area contributed by atoms with Crippen molar-refractivity contribution in [3.8, 4) is 0 Å². The molecule has 0 N–H and O–H groups in total. The highest BCUT2D eigenvalue weighted by Crippen LogP contribution is 2.62. The van der Waals surface area contributed by atoms with E-state index in [2.05, 4.69) is 90.2 Å². The third-order valence-electron chi connectivity index (χ3n) is 8.62. The Hall–Kier alpha value is -1.04. The molecule has 4 aliphatic rings. The van der Waals surface area contributed by atoms with Crippen LogP contribution in [0, 0.1) is 58.2 Å². The third-order valence-corrected chi connectivity index (χ3v) is 8.62. The highest BCUT2D eigenvalue weighted by Gasteiger charge is 2.56. The van der Waals surface area contributed by atoms with Gasteiger partial charge in [0.1, 0.15) is 0 Å². The van der Waals surface area contributed by atoms with Crippen LogP contribution in [-0.2, 0) is 0 Å². The second-order valence-electron chi connectivity index (χ2n) is 11.3. The summed E-state index contributed by atoms with van der Waals surface area (Å²) in [6, 6.07) is 0. The molecule has 0 spiro atoms. The molecule has 7 unspecified atom stereocenters. The molecule has 142 valence electrons. The van der Waals surface area contributed by atoms with Gasteiger partial charge in [0.05, 0.1) is 0 Å². The van der Waals surface area contributed by atoms with E-state index in [-0.39, 0.29) is 0 Å². The van der Waals surface area contributed by atoms with Gasteiger partial charge in [-0.25, -0.2) is 0 Å². The predicted molar refractivity (Wildman–Crippen MR) is 113 cm³/mol. The van der Waals surface area contributed by atoms with Gasteiger partial charge in [0, 0.05) is 0 Å². The van der Waals surface area contributed by atoms with Crippen LogP contribution < -0.4 is 0 Å². The number of hydrogen-bond acceptors (Lipinski definition) is 0. The van der Waals surface area contributed by atoms with Gasteiger partial charge in [0.25, 0.3) is 0 Å². The third kappa shape index (κ3) is 2.79. The molecule has 0 heteroatoms. The second-order valence-corrected chi connectivity index (χ2v) is 11.3. The largest absolute Gasteiger partial charge is 0.0805 e. The van der Waals surface area contributed by atoms with Crippen LogP contribution in [0.4, 0.5) is 0 Å². The first-order valence-electron chi connectivity index (χ1n) is 10.9. The van der Waals surface area contributed by atoms with Gasteiger partial charge in [0.2, 0.25) is 0 Å². The van der Waals surface area contributed by atoms with Crippen LogP contribution >= 0.6 is 0 Å². The van der Waals surface area contributed by atoms with Crippen LogP contribution in [0.25, 0.3) is 0 Å². The van der Waals surface area contributed by atoms with Crippen molar-refractivity contribution in [1.29, 1.82) is 0 Å². The summed E-state index contributed by atoms with van der Waals surface area (Å²) in [6.45, 7) is 15.1. The molecular formula is C26H38. The van der Waals surface area contributed by atoms with Gasteiger partial charge >= 0.3 is 0 Å². The van der Waals surface area contributed by atoms with Crippen LogP contribution in [0.2, 0.25) is 0 Å². The molecule has 0 saturated heterocycles. The van der Waals surface area contributed by atoms with E-state index in [1.54, 1.807) is 0 Å². The first-order chi connectivity index (χ1) is 12.2. The van der Waals surface area contributed by atoms with Gasteiger partial charge in [-0.3, -0.25) is 0 Å². The monoisotopic (exact) mass is 350 g/mol. The molecule has 4 rings (SSSR count). The van der Waals surface area contributed by atoms with Gasteiger partial charge < -0.3 is 0 Å². The molecular weight excluding hydrogens is 312 g/mol. The molecule has 0 aromatic rings. The standard InChI is InChI=1S/C26H38/c1-17-15-18(16-23(17)25(2,3)4)26(5,6)24-21-13-9-7-11-19(21)20-12-8-10-14-22(20)24/h7-14,17-24H,15-16H2,1-6H3. The summed E-state index contributed by atoms with van der Waals surface area (Å²) in [6.07, 6.45) is 22.1. The minimum Gasteiger partial charge on any atom is -0.0805 e. The van der Waals surface area contributed by atoms with Crippen LogP contribution in [0.5, 0.6) is 0 Å². The summed E-state index contributed by atoms with van der Waals surface area (Å²) in [5.41, 5.74) is 0.827. The van der Waals surface area contributed by atoms with E-state index in [0.717, 1.165) is 23.7 Å². The minimum absolute atomic E-state index is 0.391. The van der Waals surface area contributed by atoms with Gasteiger partial charge in [-0.1, -0.05) is 90.2 Å². The van der Waals surface area contributed by atoms with E-state index in [1.807, 2.05) is 0 Å². The minimum atomic E-state index is 0.391. The van der Waals surface area contributed by atoms with E-state index < -0.39 is 0 Å². The summed E-state index contributed by atoms with van der Waals surface area (Å²) in [5, 5.41) is 0. The van der Waals surface area contributed by atoms with Crippen molar-refractivity contribution in [3.05, 3.63) is 48.6 Å². The average Bonchev–Trinajstić information content (AvgIpc) is 3.13. The summed E-state index contributed by atoms with van der Waals surface area (Å²) >= 11 is 0. The van der Waals surface area contributed by atoms with Gasteiger partial charge in [-0.2, -0.15) is 0 Å². The van der Waals surface area contributed by atoms with Crippen LogP contribution in [0.15, 0.2) is 48.6 Å². The number of allylic oxidation sites excluding steroid dienone is 8. The molecule has 0 aromatic carbocycles. The van der Waals surface area contributed by atoms with Crippen molar-refractivity contribution in [2.75, 3.05) is 0 Å². The Labute approximate surface area is 161 Å². The van der Waals surface area contributed by atoms with E-state index in [4.69, 9.17) is 0 Å². The molecule has 0 radical (unpaired) electrons. The quantitative estimate of drug-likeness (QED) is 0.499. The molecule has 2 saturated carbocycles. The van der Waals surface area contributed by atoms with Gasteiger partial charge in [-0.05, 0) is 71.0 Å². The van der Waals surface area contributed by atoms with Crippen molar-refractivity contribution in [3.63, 3.8) is 0 Å². The van der Waals surface area contributed by atoms with Crippen molar-refractivity contribution >= 4 is 0 Å². The maximum Gasteiger partial charge on any atom is -0.00954 e. The Morgan fingerprint density at radius 3 is 1.54 bits per heavy atom. The van der Waals surface area contributed by atoms with Crippen molar-refractivity contribution in [2.24, 2.45) is 58.2 Å². The Balaban J connectivity index is 1.65. The van der Waals surface area contributed by atoms with E-state index in [0.29, 0.717) is 34.5 Å². The second kappa shape index (κ2) is 6.25. The summed E-state index contributed by atoms with van der Waals surface area (Å²) in [5.74, 6) is 6.16. The van der Waals surface area contributed by atoms with E-state index >= 15 is 0 Å². The van der Waals surface area contributed by atoms with Gasteiger partial charge in [-0.15, -0.1) is 0 Å². The smallest absolute Gasteiger partial charge is 0.00954 e. The lowest BCUT2D eigenvalue weighted by atomic mass is 9.61. The van der Waals surface area contributed by atoms with Crippen LogP contribution in [-0.4, -0.2) is 0 Å². The lowest BCUT2D eigenvalue weighted by Crippen LogP contribution is -2.38. The Kier molecular flexibility index (Phi) is 4.41. The highest BCUT2D eigenvalue weighted by atomic mass is 14.6. The molecule has 0 bridgehead atoms. The van der Waals surface area contributed by atoms with E-state index in [9.17, 15) is 0 Å². The summed E-state index contributed by atoms with van der Waals surface area (Å²) < 4.78 is 0. The maximum absolute atomic E-state index is 2.61. The lowest BCUT2D eigenvalue weighted by molar-refractivity contribution is 0.0680. The van der Waals surface area contributed by atoms with E-state index in [1.165, 1.54) is 12.8 Å². The molecule has 2 fully saturated rings. The Morgan fingerprint density at radius 1 is 0.654 bits per heavy atom. The van der Waals surface area contributed by atoms with Crippen molar-refractivity contribution in [2.45, 2.75) is 54.4 Å². The Morgan fingerprint density at radius 2 is 1.12 bits per heavy atom. The zero-order chi connectivity index (χ0) is 18.7. The molecule has 7 atom stereocenters. The maximum atomic E-state index is 2.61. The van der Waals surface area contributed by atoms with Crippen molar-refractivity contribution in [1.82, 2.24) is 0 Å². The number of hydrogen-bond donors (Lipinski definition) is 0. The highest BCUT2D eigenvalue weighted by molar-refractivity contribution is 5.29. The Bertz CT molecular complexity index is 616. The fourth-order valence-electron chi connectivity index (χ4n) is 7.35. The lowest BCUT2D eigenvalue weighted by Gasteiger charge is -2.44. The number of fused-ring (bicyclic) bond motifs is 3. The molecule has 0 nitrogen and oxygen atoms in total. The first-order valence-corrected chi connectivity index (χ1v) is 10.9. The predicted octanol–water partition coefficient (Wildman–Crippen LogP) is 7.07. The molecule has 4 aliphatic carbocycles. The first kappa shape index (κ1) is 18.3. The zero-order valence-electron chi connectivity index (χ0n) is 17.7.